The number of nitrogens with one attached hydrogen (secondary N) is 2. The van der Waals surface area contributed by atoms with E-state index < -0.39 is 53.8 Å². The van der Waals surface area contributed by atoms with Crippen LogP contribution in [0.15, 0.2) is 48.8 Å². The van der Waals surface area contributed by atoms with Crippen molar-refractivity contribution in [3.8, 4) is 0 Å². The third-order valence-corrected chi connectivity index (χ3v) is 8.69. The number of piperidine rings is 1. The molecule has 4 heterocycles. The summed E-state index contributed by atoms with van der Waals surface area (Å²) in [4.78, 5) is 48.9. The molecule has 4 atom stereocenters. The zero-order chi connectivity index (χ0) is 30.0. The number of benzene rings is 1. The number of amides is 3. The van der Waals surface area contributed by atoms with Gasteiger partial charge in [0.15, 0.2) is 0 Å². The predicted octanol–water partition coefficient (Wildman–Crippen LogP) is 3.98. The van der Waals surface area contributed by atoms with Gasteiger partial charge in [0, 0.05) is 42.0 Å². The van der Waals surface area contributed by atoms with Gasteiger partial charge in [-0.1, -0.05) is 24.3 Å². The van der Waals surface area contributed by atoms with Crippen molar-refractivity contribution < 1.29 is 31.9 Å². The maximum atomic E-state index is 15.1. The van der Waals surface area contributed by atoms with E-state index in [1.165, 1.54) is 19.2 Å². The zero-order valence-electron chi connectivity index (χ0n) is 22.8. The molecule has 0 saturated carbocycles. The molecule has 3 aliphatic rings. The first-order valence-corrected chi connectivity index (χ1v) is 13.6. The van der Waals surface area contributed by atoms with E-state index in [9.17, 15) is 27.6 Å². The van der Waals surface area contributed by atoms with Crippen LogP contribution >= 0.6 is 0 Å². The number of anilines is 1. The van der Waals surface area contributed by atoms with Crippen molar-refractivity contribution >= 4 is 23.5 Å². The maximum Gasteiger partial charge on any atom is 0.406 e. The molecule has 6 rings (SSSR count). The molecule has 1 fully saturated rings. The van der Waals surface area contributed by atoms with Crippen LogP contribution in [-0.4, -0.2) is 57.4 Å². The second-order valence-corrected chi connectivity index (χ2v) is 11.3. The highest BCUT2D eigenvalue weighted by molar-refractivity contribution is 6.06. The van der Waals surface area contributed by atoms with Crippen molar-refractivity contribution in [1.82, 2.24) is 20.2 Å². The van der Waals surface area contributed by atoms with Crippen LogP contribution in [0.5, 0.6) is 0 Å². The van der Waals surface area contributed by atoms with Crippen molar-refractivity contribution in [2.45, 2.75) is 62.7 Å². The van der Waals surface area contributed by atoms with Gasteiger partial charge in [-0.2, -0.15) is 13.2 Å². The number of hydrogen-bond donors (Lipinski definition) is 2. The Morgan fingerprint density at radius 1 is 1.17 bits per heavy atom. The van der Waals surface area contributed by atoms with Crippen LogP contribution in [0.3, 0.4) is 0 Å². The van der Waals surface area contributed by atoms with E-state index >= 15 is 4.39 Å². The summed E-state index contributed by atoms with van der Waals surface area (Å²) in [5.41, 5.74) is 1.80. The van der Waals surface area contributed by atoms with E-state index in [-0.39, 0.29) is 29.9 Å². The molecule has 1 aromatic carbocycles. The minimum Gasteiger partial charge on any atom is -0.340 e. The molecule has 1 spiro atoms. The highest BCUT2D eigenvalue weighted by Crippen LogP contribution is 2.46. The van der Waals surface area contributed by atoms with Gasteiger partial charge < -0.3 is 15.5 Å². The third-order valence-electron chi connectivity index (χ3n) is 8.69. The SMILES string of the molecule is Cc1cccc([C@@H]2C[C@H](NC(=O)c3cnc4c(c3)CC3(C4)C(=O)Nc4ncccc43)C(=O)N(CC(F)(F)F)[C@@H]2C)c1F. The number of nitrogens with zero attached hydrogens (tertiary/aromatic N) is 3. The molecule has 2 aromatic heterocycles. The number of alkyl halides is 3. The first-order valence-electron chi connectivity index (χ1n) is 13.6. The van der Waals surface area contributed by atoms with Crippen molar-refractivity contribution in [1.29, 1.82) is 0 Å². The van der Waals surface area contributed by atoms with Crippen LogP contribution in [0.2, 0.25) is 0 Å². The lowest BCUT2D eigenvalue weighted by Crippen LogP contribution is -2.59. The number of likely N-dealkylation sites (tertiary alicyclic amines) is 1. The van der Waals surface area contributed by atoms with E-state index in [1.807, 2.05) is 6.07 Å². The molecule has 8 nitrogen and oxygen atoms in total. The number of aromatic nitrogens is 2. The number of carbonyl (C=O) groups excluding carboxylic acids is 3. The first-order chi connectivity index (χ1) is 19.9. The van der Waals surface area contributed by atoms with Crippen molar-refractivity contribution in [2.24, 2.45) is 0 Å². The number of halogens is 4. The third kappa shape index (κ3) is 4.58. The Labute approximate surface area is 238 Å². The zero-order valence-corrected chi connectivity index (χ0v) is 22.8. The van der Waals surface area contributed by atoms with Crippen LogP contribution in [-0.2, 0) is 27.8 Å². The van der Waals surface area contributed by atoms with Crippen molar-refractivity contribution in [3.05, 3.63) is 88.1 Å². The second-order valence-electron chi connectivity index (χ2n) is 11.3. The number of carbonyl (C=O) groups is 3. The Morgan fingerprint density at radius 2 is 1.95 bits per heavy atom. The van der Waals surface area contributed by atoms with E-state index in [0.29, 0.717) is 34.0 Å². The normalized spacial score (nSPS) is 24.9. The fourth-order valence-corrected chi connectivity index (χ4v) is 6.53. The van der Waals surface area contributed by atoms with Crippen molar-refractivity contribution in [3.63, 3.8) is 0 Å². The molecule has 42 heavy (non-hydrogen) atoms. The lowest BCUT2D eigenvalue weighted by Gasteiger charge is -2.43. The van der Waals surface area contributed by atoms with E-state index in [2.05, 4.69) is 20.6 Å². The lowest BCUT2D eigenvalue weighted by atomic mass is 9.80. The Kier molecular flexibility index (Phi) is 6.54. The standard InChI is InChI=1S/C30H27F4N5O3/c1-15-5-3-6-19(24(15)31)20-10-22(27(41)39(16(20)2)14-30(32,33)34)37-26(40)18-9-17-11-29(12-23(17)36-13-18)21-7-4-8-35-25(21)38-28(29)42/h3-9,13,16,20,22H,10-12,14H2,1-2H3,(H,37,40)(H,35,38,42)/t16-,20-,22+,29?/m1/s1. The molecule has 12 heteroatoms. The van der Waals surface area contributed by atoms with Crippen molar-refractivity contribution in [2.75, 3.05) is 11.9 Å². The molecule has 0 bridgehead atoms. The van der Waals surface area contributed by atoms with E-state index in [0.717, 1.165) is 5.56 Å². The molecular formula is C30H27F4N5O3. The topological polar surface area (TPSA) is 104 Å². The fourth-order valence-electron chi connectivity index (χ4n) is 6.53. The van der Waals surface area contributed by atoms with Gasteiger partial charge in [0.05, 0.1) is 11.0 Å². The van der Waals surface area contributed by atoms with Gasteiger partial charge in [-0.05, 0) is 55.5 Å². The largest absolute Gasteiger partial charge is 0.406 e. The summed E-state index contributed by atoms with van der Waals surface area (Å²) in [6.45, 7) is 1.49. The molecule has 2 aliphatic heterocycles. The molecule has 1 aliphatic carbocycles. The number of aryl methyl sites for hydroxylation is 1. The summed E-state index contributed by atoms with van der Waals surface area (Å²) in [7, 11) is 0. The highest BCUT2D eigenvalue weighted by Gasteiger charge is 2.52. The number of rotatable bonds is 4. The van der Waals surface area contributed by atoms with Gasteiger partial charge in [0.25, 0.3) is 5.91 Å². The second kappa shape index (κ2) is 9.88. The minimum atomic E-state index is -4.69. The van der Waals surface area contributed by atoms with E-state index in [1.54, 1.807) is 37.4 Å². The van der Waals surface area contributed by atoms with Crippen LogP contribution in [0.4, 0.5) is 23.4 Å². The Hall–Kier alpha value is -4.35. The van der Waals surface area contributed by atoms with Crippen LogP contribution in [0.25, 0.3) is 0 Å². The van der Waals surface area contributed by atoms with Gasteiger partial charge in [-0.3, -0.25) is 19.4 Å². The van der Waals surface area contributed by atoms with Gasteiger partial charge in [-0.25, -0.2) is 9.37 Å². The molecule has 3 aromatic rings. The number of hydrogen-bond acceptors (Lipinski definition) is 5. The van der Waals surface area contributed by atoms with E-state index in [4.69, 9.17) is 0 Å². The fraction of sp³-hybridized carbons (Fsp3) is 0.367. The number of fused-ring (bicyclic) bond motifs is 3. The highest BCUT2D eigenvalue weighted by atomic mass is 19.4. The van der Waals surface area contributed by atoms with Gasteiger partial charge in [0.1, 0.15) is 24.2 Å². The summed E-state index contributed by atoms with van der Waals surface area (Å²) in [5.74, 6) is -2.65. The lowest BCUT2D eigenvalue weighted by molar-refractivity contribution is -0.170. The van der Waals surface area contributed by atoms with Gasteiger partial charge in [-0.15, -0.1) is 0 Å². The van der Waals surface area contributed by atoms with Crippen LogP contribution in [0.1, 0.15) is 57.6 Å². The Morgan fingerprint density at radius 3 is 2.71 bits per heavy atom. The molecule has 218 valence electrons. The van der Waals surface area contributed by atoms with Gasteiger partial charge in [0.2, 0.25) is 11.8 Å². The summed E-state index contributed by atoms with van der Waals surface area (Å²) in [5, 5.41) is 5.39. The van der Waals surface area contributed by atoms with Crippen LogP contribution < -0.4 is 10.6 Å². The Balaban J connectivity index is 1.27. The quantitative estimate of drug-likeness (QED) is 0.454. The monoisotopic (exact) mass is 581 g/mol. The molecule has 1 unspecified atom stereocenters. The molecule has 3 amide bonds. The maximum absolute atomic E-state index is 15.1. The summed E-state index contributed by atoms with van der Waals surface area (Å²) in [6, 6.07) is 7.55. The predicted molar refractivity (Wildman–Crippen MR) is 143 cm³/mol. The molecule has 0 radical (unpaired) electrons. The van der Waals surface area contributed by atoms with Gasteiger partial charge >= 0.3 is 6.18 Å². The molecule has 2 N–H and O–H groups in total. The van der Waals surface area contributed by atoms with Crippen LogP contribution in [0, 0.1) is 12.7 Å². The molecule has 1 saturated heterocycles. The minimum absolute atomic E-state index is 0.0775. The first kappa shape index (κ1) is 27.8. The average Bonchev–Trinajstić information content (AvgIpc) is 3.46. The number of pyridine rings is 2. The Bertz CT molecular complexity index is 1630. The summed E-state index contributed by atoms with van der Waals surface area (Å²) < 4.78 is 55.6. The molecular weight excluding hydrogens is 554 g/mol. The summed E-state index contributed by atoms with van der Waals surface area (Å²) >= 11 is 0. The average molecular weight is 582 g/mol. The summed E-state index contributed by atoms with van der Waals surface area (Å²) in [6.07, 6.45) is -1.25. The smallest absolute Gasteiger partial charge is 0.340 e.